The van der Waals surface area contributed by atoms with E-state index in [1.807, 2.05) is 53.6 Å². The van der Waals surface area contributed by atoms with Crippen molar-refractivity contribution in [2.75, 3.05) is 13.1 Å². The molecule has 1 saturated heterocycles. The average Bonchev–Trinajstić information content (AvgIpc) is 3.19. The number of amides is 2. The lowest BCUT2D eigenvalue weighted by atomic mass is 9.92. The molecule has 1 N–H and O–H groups in total. The van der Waals surface area contributed by atoms with E-state index in [1.54, 1.807) is 17.4 Å². The minimum atomic E-state index is -0.0345. The Morgan fingerprint density at radius 2 is 2.03 bits per heavy atom. The van der Waals surface area contributed by atoms with Crippen LogP contribution in [0.25, 0.3) is 6.08 Å². The van der Waals surface area contributed by atoms with Crippen LogP contribution in [0.1, 0.15) is 41.9 Å². The van der Waals surface area contributed by atoms with Gasteiger partial charge in [-0.3, -0.25) is 9.59 Å². The summed E-state index contributed by atoms with van der Waals surface area (Å²) in [5.41, 5.74) is 2.23. The van der Waals surface area contributed by atoms with Crippen molar-refractivity contribution in [3.63, 3.8) is 0 Å². The molecule has 1 aromatic carbocycles. The summed E-state index contributed by atoms with van der Waals surface area (Å²) in [4.78, 5) is 31.1. The second-order valence-electron chi connectivity index (χ2n) is 8.11. The van der Waals surface area contributed by atoms with Gasteiger partial charge in [-0.1, -0.05) is 30.3 Å². The lowest BCUT2D eigenvalue weighted by Gasteiger charge is -2.33. The molecule has 2 aliphatic rings. The zero-order chi connectivity index (χ0) is 20.3. The van der Waals surface area contributed by atoms with Crippen LogP contribution in [0.2, 0.25) is 0 Å². The number of nitrogens with one attached hydrogen (secondary N) is 1. The summed E-state index contributed by atoms with van der Waals surface area (Å²) in [6.07, 6.45) is 7.68. The van der Waals surface area contributed by atoms with Crippen LogP contribution in [0.4, 0.5) is 0 Å². The minimum Gasteiger partial charge on any atom is -0.349 e. The van der Waals surface area contributed by atoms with Crippen molar-refractivity contribution in [2.24, 2.45) is 5.41 Å². The number of aryl methyl sites for hydroxylation is 2. The fourth-order valence-corrected chi connectivity index (χ4v) is 4.82. The summed E-state index contributed by atoms with van der Waals surface area (Å²) >= 11 is 1.63. The Labute approximate surface area is 175 Å². The maximum absolute atomic E-state index is 12.5. The maximum Gasteiger partial charge on any atom is 0.244 e. The number of nitrogens with zero attached hydrogens (tertiary/aromatic N) is 2. The number of thiazole rings is 1. The number of carbonyl (C=O) groups is 2. The lowest BCUT2D eigenvalue weighted by Crippen LogP contribution is -2.41. The highest BCUT2D eigenvalue weighted by atomic mass is 32.1. The normalized spacial score (nSPS) is 20.2. The zero-order valence-electron chi connectivity index (χ0n) is 16.8. The molecule has 2 amide bonds. The van der Waals surface area contributed by atoms with Gasteiger partial charge in [0.05, 0.1) is 10.7 Å². The summed E-state index contributed by atoms with van der Waals surface area (Å²) in [5, 5.41) is 6.23. The molecule has 0 bridgehead atoms. The van der Waals surface area contributed by atoms with E-state index in [1.165, 1.54) is 0 Å². The maximum atomic E-state index is 12.5. The van der Waals surface area contributed by atoms with Gasteiger partial charge in [-0.15, -0.1) is 11.3 Å². The Kier molecular flexibility index (Phi) is 5.81. The van der Waals surface area contributed by atoms with Gasteiger partial charge in [-0.25, -0.2) is 4.98 Å². The van der Waals surface area contributed by atoms with E-state index in [4.69, 9.17) is 0 Å². The number of hydrogen-bond acceptors (Lipinski definition) is 4. The number of carbonyl (C=O) groups excluding carboxylic acids is 2. The molecule has 1 aliphatic carbocycles. The quantitative estimate of drug-likeness (QED) is 0.742. The Bertz CT molecular complexity index is 898. The van der Waals surface area contributed by atoms with E-state index in [2.05, 4.69) is 10.3 Å². The van der Waals surface area contributed by atoms with Crippen LogP contribution in [-0.4, -0.2) is 40.8 Å². The zero-order valence-corrected chi connectivity index (χ0v) is 17.6. The van der Waals surface area contributed by atoms with E-state index in [-0.39, 0.29) is 23.3 Å². The first-order valence-corrected chi connectivity index (χ1v) is 11.1. The van der Waals surface area contributed by atoms with Gasteiger partial charge >= 0.3 is 0 Å². The fraction of sp³-hybridized carbons (Fsp3) is 0.435. The first-order valence-electron chi connectivity index (χ1n) is 10.3. The molecule has 1 spiro atoms. The van der Waals surface area contributed by atoms with Gasteiger partial charge in [0.15, 0.2) is 0 Å². The molecule has 29 heavy (non-hydrogen) atoms. The van der Waals surface area contributed by atoms with Gasteiger partial charge < -0.3 is 10.2 Å². The third-order valence-corrected chi connectivity index (χ3v) is 6.93. The van der Waals surface area contributed by atoms with Crippen LogP contribution in [-0.2, 0) is 16.0 Å². The van der Waals surface area contributed by atoms with Crippen molar-refractivity contribution in [3.05, 3.63) is 58.1 Å². The number of rotatable bonds is 6. The number of hydrogen-bond donors (Lipinski definition) is 1. The smallest absolute Gasteiger partial charge is 0.244 e. The standard InChI is InChI=1S/C23H27N3O2S/c1-17-24-19(16-29-17)8-10-22(28)26-13-11-23(12-14-26)15-20(23)25-21(27)9-7-18-5-3-2-4-6-18/h2-7,9,16,20H,8,10-15H2,1H3,(H,25,27)/b9-7+. The molecular formula is C23H27N3O2S. The van der Waals surface area contributed by atoms with E-state index in [9.17, 15) is 9.59 Å². The van der Waals surface area contributed by atoms with Gasteiger partial charge in [0.2, 0.25) is 11.8 Å². The fourth-order valence-electron chi connectivity index (χ4n) is 4.18. The van der Waals surface area contributed by atoms with E-state index < -0.39 is 0 Å². The first-order chi connectivity index (χ1) is 14.0. The second kappa shape index (κ2) is 8.49. The number of piperidine rings is 1. The van der Waals surface area contributed by atoms with E-state index in [0.29, 0.717) is 6.42 Å². The molecule has 6 heteroatoms. The van der Waals surface area contributed by atoms with Crippen LogP contribution in [0.3, 0.4) is 0 Å². The Balaban J connectivity index is 1.20. The van der Waals surface area contributed by atoms with Crippen molar-refractivity contribution in [3.8, 4) is 0 Å². The number of aromatic nitrogens is 1. The van der Waals surface area contributed by atoms with Gasteiger partial charge in [0, 0.05) is 37.0 Å². The van der Waals surface area contributed by atoms with Crippen molar-refractivity contribution in [1.82, 2.24) is 15.2 Å². The molecule has 0 radical (unpaired) electrons. The first kappa shape index (κ1) is 19.8. The minimum absolute atomic E-state index is 0.0345. The predicted molar refractivity (Wildman–Crippen MR) is 115 cm³/mol. The molecule has 1 saturated carbocycles. The summed E-state index contributed by atoms with van der Waals surface area (Å²) in [7, 11) is 0. The highest BCUT2D eigenvalue weighted by molar-refractivity contribution is 7.09. The van der Waals surface area contributed by atoms with Crippen LogP contribution >= 0.6 is 11.3 Å². The average molecular weight is 410 g/mol. The molecule has 4 rings (SSSR count). The highest BCUT2D eigenvalue weighted by Crippen LogP contribution is 2.53. The van der Waals surface area contributed by atoms with Gasteiger partial charge in [0.1, 0.15) is 0 Å². The van der Waals surface area contributed by atoms with E-state index >= 15 is 0 Å². The summed E-state index contributed by atoms with van der Waals surface area (Å²) in [5.74, 6) is 0.185. The monoisotopic (exact) mass is 409 g/mol. The van der Waals surface area contributed by atoms with Crippen molar-refractivity contribution in [1.29, 1.82) is 0 Å². The third kappa shape index (κ3) is 4.93. The molecule has 2 fully saturated rings. The lowest BCUT2D eigenvalue weighted by molar-refractivity contribution is -0.132. The van der Waals surface area contributed by atoms with E-state index in [0.717, 1.165) is 55.0 Å². The molecule has 1 atom stereocenters. The van der Waals surface area contributed by atoms with Crippen molar-refractivity contribution >= 4 is 29.2 Å². The third-order valence-electron chi connectivity index (χ3n) is 6.11. The topological polar surface area (TPSA) is 62.3 Å². The summed E-state index contributed by atoms with van der Waals surface area (Å²) in [6.45, 7) is 3.57. The molecule has 5 nitrogen and oxygen atoms in total. The van der Waals surface area contributed by atoms with Crippen LogP contribution < -0.4 is 5.32 Å². The number of likely N-dealkylation sites (tertiary alicyclic amines) is 1. The Morgan fingerprint density at radius 1 is 1.28 bits per heavy atom. The Hall–Kier alpha value is -2.47. The predicted octanol–water partition coefficient (Wildman–Crippen LogP) is 3.59. The Morgan fingerprint density at radius 3 is 2.72 bits per heavy atom. The van der Waals surface area contributed by atoms with Crippen LogP contribution in [0, 0.1) is 12.3 Å². The van der Waals surface area contributed by atoms with Crippen molar-refractivity contribution < 1.29 is 9.59 Å². The van der Waals surface area contributed by atoms with Crippen molar-refractivity contribution in [2.45, 2.75) is 45.1 Å². The molecule has 2 aromatic rings. The number of benzene rings is 1. The molecular weight excluding hydrogens is 382 g/mol. The van der Waals surface area contributed by atoms with Crippen LogP contribution in [0.5, 0.6) is 0 Å². The summed E-state index contributed by atoms with van der Waals surface area (Å²) < 4.78 is 0. The molecule has 1 aromatic heterocycles. The second-order valence-corrected chi connectivity index (χ2v) is 9.17. The molecule has 1 unspecified atom stereocenters. The van der Waals surface area contributed by atoms with Gasteiger partial charge in [-0.2, -0.15) is 0 Å². The van der Waals surface area contributed by atoms with Crippen LogP contribution in [0.15, 0.2) is 41.8 Å². The summed E-state index contributed by atoms with van der Waals surface area (Å²) in [6, 6.07) is 10.1. The largest absolute Gasteiger partial charge is 0.349 e. The van der Waals surface area contributed by atoms with Gasteiger partial charge in [-0.05, 0) is 49.7 Å². The SMILES string of the molecule is Cc1nc(CCC(=O)N2CCC3(CC2)CC3NC(=O)/C=C/c2ccccc2)cs1. The molecule has 1 aliphatic heterocycles. The molecule has 2 heterocycles. The molecule has 152 valence electrons. The highest BCUT2D eigenvalue weighted by Gasteiger charge is 2.55. The van der Waals surface area contributed by atoms with Gasteiger partial charge in [0.25, 0.3) is 0 Å².